The number of hydrogen-bond donors (Lipinski definition) is 0. The second-order valence-electron chi connectivity index (χ2n) is 13.6. The fraction of sp³-hybridized carbons (Fsp3) is 0.944. The number of carbonyl (C=O) groups is 2. The Labute approximate surface area is 288 Å². The lowest BCUT2D eigenvalue weighted by Crippen LogP contribution is -2.37. The maximum absolute atomic E-state index is 12.6. The monoisotopic (exact) mass is 682 g/mol. The van der Waals surface area contributed by atoms with Crippen molar-refractivity contribution in [2.45, 2.75) is 174 Å². The average Bonchev–Trinajstić information content (AvgIpc) is 3.02. The molecule has 46 heavy (non-hydrogen) atoms. The Morgan fingerprint density at radius 2 is 1.15 bits per heavy atom. The van der Waals surface area contributed by atoms with E-state index in [9.17, 15) is 19.0 Å². The fourth-order valence-corrected chi connectivity index (χ4v) is 5.65. The average molecular weight is 682 g/mol. The predicted octanol–water partition coefficient (Wildman–Crippen LogP) is 9.05. The van der Waals surface area contributed by atoms with E-state index in [2.05, 4.69) is 6.92 Å². The summed E-state index contributed by atoms with van der Waals surface area (Å²) in [5, 5.41) is 0. The maximum atomic E-state index is 12.6. The van der Waals surface area contributed by atoms with Crippen LogP contribution in [0.25, 0.3) is 0 Å². The van der Waals surface area contributed by atoms with Crippen LogP contribution in [0.3, 0.4) is 0 Å². The second kappa shape index (κ2) is 30.1. The molecular weight excluding hydrogens is 605 g/mol. The molecule has 0 fully saturated rings. The first kappa shape index (κ1) is 37.8. The van der Waals surface area contributed by atoms with Gasteiger partial charge in [-0.25, -0.2) is 0 Å². The number of phosphoric ester groups is 1. The molecule has 0 aliphatic rings. The molecule has 10 heteroatoms. The van der Waals surface area contributed by atoms with Gasteiger partial charge in [-0.15, -0.1) is 0 Å². The molecule has 0 radical (unpaired) electrons. The lowest BCUT2D eigenvalue weighted by atomic mass is 10.1. The third kappa shape index (κ3) is 32.9. The molecule has 0 aliphatic heterocycles. The maximum Gasteiger partial charge on any atom is 0.306 e. The van der Waals surface area contributed by atoms with Crippen LogP contribution in [0.5, 0.6) is 0 Å². The molecule has 0 aromatic rings. The van der Waals surface area contributed by atoms with Crippen LogP contribution in [0.4, 0.5) is 0 Å². The van der Waals surface area contributed by atoms with Gasteiger partial charge in [-0.3, -0.25) is 14.2 Å². The van der Waals surface area contributed by atoms with Crippen LogP contribution >= 0.6 is 7.82 Å². The first-order valence-electron chi connectivity index (χ1n) is 20.3. The molecular formula is C36H72NO8P. The van der Waals surface area contributed by atoms with Gasteiger partial charge in [0.25, 0.3) is 7.82 Å². The number of phosphoric acid groups is 1. The van der Waals surface area contributed by atoms with E-state index >= 15 is 0 Å². The Hall–Kier alpha value is -0.990. The third-order valence-corrected chi connectivity index (χ3v) is 8.81. The highest BCUT2D eigenvalue weighted by Crippen LogP contribution is 2.38. The zero-order valence-corrected chi connectivity index (χ0v) is 30.8. The third-order valence-electron chi connectivity index (χ3n) is 7.84. The highest BCUT2D eigenvalue weighted by atomic mass is 31.2. The van der Waals surface area contributed by atoms with Gasteiger partial charge in [-0.1, -0.05) is 142 Å². The lowest BCUT2D eigenvalue weighted by Gasteiger charge is -2.28. The molecule has 0 rings (SSSR count). The van der Waals surface area contributed by atoms with Crippen LogP contribution in [0, 0.1) is 0 Å². The Balaban J connectivity index is 4.44. The van der Waals surface area contributed by atoms with Crippen LogP contribution in [-0.2, 0) is 32.7 Å². The summed E-state index contributed by atoms with van der Waals surface area (Å²) in [7, 11) is 1.08. The Morgan fingerprint density at radius 3 is 1.63 bits per heavy atom. The number of hydrogen-bond acceptors (Lipinski definition) is 8. The summed E-state index contributed by atoms with van der Waals surface area (Å²) in [6, 6.07) is 0. The van der Waals surface area contributed by atoms with Crippen molar-refractivity contribution in [2.24, 2.45) is 0 Å². The Morgan fingerprint density at radius 1 is 0.696 bits per heavy atom. The van der Waals surface area contributed by atoms with E-state index in [1.165, 1.54) is 44.9 Å². The SMILES string of the molecule is [2H]C([2H])C([2H])([2H])CCCCCCCCCCCC(=O)O[C@H](COC(=O)CCCCCCCCCCCCC)COP(=O)([O-])OCC[N+](C)(C)C. The van der Waals surface area contributed by atoms with Gasteiger partial charge in [0.1, 0.15) is 19.8 Å². The molecule has 0 aliphatic carbocycles. The molecule has 2 atom stereocenters. The summed E-state index contributed by atoms with van der Waals surface area (Å²) in [6.07, 6.45) is 18.8. The number of quaternary nitrogens is 1. The van der Waals surface area contributed by atoms with Crippen molar-refractivity contribution < 1.29 is 47.5 Å². The summed E-state index contributed by atoms with van der Waals surface area (Å²) in [5.74, 6) is -0.920. The topological polar surface area (TPSA) is 111 Å². The second-order valence-corrected chi connectivity index (χ2v) is 15.0. The van der Waals surface area contributed by atoms with Crippen molar-refractivity contribution in [2.75, 3.05) is 47.5 Å². The van der Waals surface area contributed by atoms with Gasteiger partial charge in [0.2, 0.25) is 0 Å². The highest BCUT2D eigenvalue weighted by molar-refractivity contribution is 7.45. The van der Waals surface area contributed by atoms with Gasteiger partial charge in [0.15, 0.2) is 6.10 Å². The van der Waals surface area contributed by atoms with E-state index in [1.807, 2.05) is 21.1 Å². The molecule has 0 aromatic carbocycles. The van der Waals surface area contributed by atoms with Crippen molar-refractivity contribution in [3.8, 4) is 0 Å². The van der Waals surface area contributed by atoms with Crippen molar-refractivity contribution in [1.82, 2.24) is 0 Å². The van der Waals surface area contributed by atoms with Gasteiger partial charge in [-0.05, 0) is 12.8 Å². The summed E-state index contributed by atoms with van der Waals surface area (Å²) < 4.78 is 63.4. The Kier molecular flexibility index (Phi) is 24.7. The van der Waals surface area contributed by atoms with Crippen LogP contribution in [0.2, 0.25) is 0 Å². The quantitative estimate of drug-likeness (QED) is 0.0286. The van der Waals surface area contributed by atoms with E-state index in [4.69, 9.17) is 24.0 Å². The molecule has 0 N–H and O–H groups in total. The van der Waals surface area contributed by atoms with E-state index < -0.39 is 45.7 Å². The van der Waals surface area contributed by atoms with Crippen molar-refractivity contribution >= 4 is 19.8 Å². The predicted molar refractivity (Wildman–Crippen MR) is 185 cm³/mol. The molecule has 0 spiro atoms. The zero-order valence-electron chi connectivity index (χ0n) is 33.9. The van der Waals surface area contributed by atoms with E-state index in [0.29, 0.717) is 30.3 Å². The molecule has 274 valence electrons. The Bertz CT molecular complexity index is 908. The largest absolute Gasteiger partial charge is 0.756 e. The van der Waals surface area contributed by atoms with Gasteiger partial charge in [-0.2, -0.15) is 0 Å². The standard InChI is InChI=1S/C36H72NO8P/c1-6-8-10-12-14-16-18-20-22-24-26-28-35(38)42-32-34(33-44-46(40,41)43-31-30-37(3,4)5)45-36(39)29-27-25-23-21-19-17-15-13-11-9-7-2/h34H,6-33H2,1-5H3/t34-/m1/s1/i2D2,7D2. The fourth-order valence-electron chi connectivity index (χ4n) is 4.92. The molecule has 0 bridgehead atoms. The number of ether oxygens (including phenoxy) is 2. The van der Waals surface area contributed by atoms with Crippen LogP contribution in [-0.4, -0.2) is 70.0 Å². The van der Waals surface area contributed by atoms with Crippen molar-refractivity contribution in [1.29, 1.82) is 0 Å². The number of likely N-dealkylation sites (N-methyl/N-ethyl adjacent to an activating group) is 1. The number of unbranched alkanes of at least 4 members (excludes halogenated alkanes) is 18. The summed E-state index contributed by atoms with van der Waals surface area (Å²) in [5.41, 5.74) is 0. The van der Waals surface area contributed by atoms with Gasteiger partial charge in [0, 0.05) is 18.3 Å². The first-order chi connectivity index (χ1) is 23.6. The number of nitrogens with zero attached hydrogens (tertiary/aromatic N) is 1. The minimum atomic E-state index is -4.65. The molecule has 1 unspecified atom stereocenters. The number of rotatable bonds is 34. The summed E-state index contributed by atoms with van der Waals surface area (Å²) in [6.45, 7) is 0.371. The molecule has 0 aromatic heterocycles. The molecule has 9 nitrogen and oxygen atoms in total. The van der Waals surface area contributed by atoms with Gasteiger partial charge in [0.05, 0.1) is 27.7 Å². The van der Waals surface area contributed by atoms with Crippen molar-refractivity contribution in [3.63, 3.8) is 0 Å². The van der Waals surface area contributed by atoms with Crippen LogP contribution in [0.1, 0.15) is 173 Å². The molecule has 0 heterocycles. The molecule has 0 saturated heterocycles. The van der Waals surface area contributed by atoms with Gasteiger partial charge < -0.3 is 27.9 Å². The van der Waals surface area contributed by atoms with E-state index in [0.717, 1.165) is 64.2 Å². The molecule has 0 amide bonds. The minimum Gasteiger partial charge on any atom is -0.756 e. The smallest absolute Gasteiger partial charge is 0.306 e. The summed E-state index contributed by atoms with van der Waals surface area (Å²) >= 11 is 0. The summed E-state index contributed by atoms with van der Waals surface area (Å²) in [4.78, 5) is 37.3. The number of esters is 2. The van der Waals surface area contributed by atoms with E-state index in [-0.39, 0.29) is 32.5 Å². The first-order valence-corrected chi connectivity index (χ1v) is 19.6. The lowest BCUT2D eigenvalue weighted by molar-refractivity contribution is -0.870. The number of carbonyl (C=O) groups excluding carboxylic acids is 2. The zero-order chi connectivity index (χ0) is 37.7. The van der Waals surface area contributed by atoms with Crippen LogP contribution in [0.15, 0.2) is 0 Å². The highest BCUT2D eigenvalue weighted by Gasteiger charge is 2.21. The van der Waals surface area contributed by atoms with Crippen molar-refractivity contribution in [3.05, 3.63) is 0 Å². The van der Waals surface area contributed by atoms with Crippen LogP contribution < -0.4 is 4.89 Å². The van der Waals surface area contributed by atoms with E-state index in [1.54, 1.807) is 0 Å². The normalized spacial score (nSPS) is 15.4. The minimum absolute atomic E-state index is 0.0545. The van der Waals surface area contributed by atoms with Gasteiger partial charge >= 0.3 is 11.9 Å². The molecule has 0 saturated carbocycles.